The molecule has 2 aliphatic rings. The number of ether oxygens (including phenoxy) is 1. The van der Waals surface area contributed by atoms with Gasteiger partial charge in [0.1, 0.15) is 0 Å². The summed E-state index contributed by atoms with van der Waals surface area (Å²) >= 11 is 0. The van der Waals surface area contributed by atoms with Crippen LogP contribution in [0.15, 0.2) is 4.52 Å². The van der Waals surface area contributed by atoms with Gasteiger partial charge in [-0.1, -0.05) is 18.5 Å². The molecular formula is C15H25N3O2. The summed E-state index contributed by atoms with van der Waals surface area (Å²) < 4.78 is 11.2. The first-order valence-electron chi connectivity index (χ1n) is 8.02. The number of rotatable bonds is 4. The second-order valence-corrected chi connectivity index (χ2v) is 6.05. The predicted molar refractivity (Wildman–Crippen MR) is 75.4 cm³/mol. The van der Waals surface area contributed by atoms with Gasteiger partial charge in [-0.15, -0.1) is 0 Å². The van der Waals surface area contributed by atoms with Crippen LogP contribution in [0.4, 0.5) is 0 Å². The van der Waals surface area contributed by atoms with Crippen molar-refractivity contribution >= 4 is 0 Å². The van der Waals surface area contributed by atoms with E-state index in [9.17, 15) is 0 Å². The number of nitrogens with zero attached hydrogens (tertiary/aromatic N) is 2. The molecule has 5 nitrogen and oxygen atoms in total. The van der Waals surface area contributed by atoms with Crippen LogP contribution in [-0.2, 0) is 11.2 Å². The Morgan fingerprint density at radius 2 is 2.25 bits per heavy atom. The molecule has 0 bridgehead atoms. The summed E-state index contributed by atoms with van der Waals surface area (Å²) in [6.45, 7) is 4.18. The van der Waals surface area contributed by atoms with Crippen molar-refractivity contribution in [3.8, 4) is 0 Å². The molecule has 0 saturated carbocycles. The zero-order chi connectivity index (χ0) is 13.8. The van der Waals surface area contributed by atoms with Gasteiger partial charge >= 0.3 is 0 Å². The van der Waals surface area contributed by atoms with E-state index in [4.69, 9.17) is 9.26 Å². The van der Waals surface area contributed by atoms with Crippen molar-refractivity contribution in [1.29, 1.82) is 0 Å². The standard InChI is InChI=1S/C15H25N3O2/c1-2-11-6-7-16-13(9-11)15-17-14(18-20-15)10-12-5-3-4-8-19-12/h11-13,16H,2-10H2,1H3. The maximum absolute atomic E-state index is 5.73. The summed E-state index contributed by atoms with van der Waals surface area (Å²) in [5.41, 5.74) is 0. The second kappa shape index (κ2) is 6.68. The average molecular weight is 279 g/mol. The highest BCUT2D eigenvalue weighted by Gasteiger charge is 2.26. The van der Waals surface area contributed by atoms with Gasteiger partial charge in [0.2, 0.25) is 5.89 Å². The Bertz CT molecular complexity index is 415. The van der Waals surface area contributed by atoms with Gasteiger partial charge in [-0.25, -0.2) is 0 Å². The summed E-state index contributed by atoms with van der Waals surface area (Å²) in [6.07, 6.45) is 8.20. The van der Waals surface area contributed by atoms with E-state index in [1.807, 2.05) is 0 Å². The zero-order valence-electron chi connectivity index (χ0n) is 12.3. The Balaban J connectivity index is 1.58. The van der Waals surface area contributed by atoms with Crippen LogP contribution < -0.4 is 5.32 Å². The smallest absolute Gasteiger partial charge is 0.243 e. The second-order valence-electron chi connectivity index (χ2n) is 6.05. The number of nitrogens with one attached hydrogen (secondary N) is 1. The van der Waals surface area contributed by atoms with Crippen LogP contribution in [0.3, 0.4) is 0 Å². The van der Waals surface area contributed by atoms with E-state index in [1.165, 1.54) is 25.7 Å². The van der Waals surface area contributed by atoms with Gasteiger partial charge in [-0.3, -0.25) is 0 Å². The monoisotopic (exact) mass is 279 g/mol. The molecule has 2 fully saturated rings. The number of hydrogen-bond acceptors (Lipinski definition) is 5. The Kier molecular flexibility index (Phi) is 4.68. The van der Waals surface area contributed by atoms with Crippen LogP contribution in [0.5, 0.6) is 0 Å². The number of hydrogen-bond donors (Lipinski definition) is 1. The van der Waals surface area contributed by atoms with Crippen molar-refractivity contribution in [2.24, 2.45) is 5.92 Å². The fourth-order valence-electron chi connectivity index (χ4n) is 3.22. The highest BCUT2D eigenvalue weighted by atomic mass is 16.5. The first-order valence-corrected chi connectivity index (χ1v) is 8.02. The van der Waals surface area contributed by atoms with Crippen molar-refractivity contribution in [2.45, 2.75) is 64.0 Å². The van der Waals surface area contributed by atoms with E-state index in [1.54, 1.807) is 0 Å². The summed E-state index contributed by atoms with van der Waals surface area (Å²) in [4.78, 5) is 4.58. The molecule has 0 aliphatic carbocycles. The molecule has 0 radical (unpaired) electrons. The van der Waals surface area contributed by atoms with Crippen molar-refractivity contribution in [2.75, 3.05) is 13.2 Å². The Morgan fingerprint density at radius 3 is 3.05 bits per heavy atom. The highest BCUT2D eigenvalue weighted by molar-refractivity contribution is 4.97. The average Bonchev–Trinajstić information content (AvgIpc) is 2.97. The van der Waals surface area contributed by atoms with Gasteiger partial charge in [-0.05, 0) is 44.6 Å². The van der Waals surface area contributed by atoms with Crippen LogP contribution in [0.2, 0.25) is 0 Å². The third kappa shape index (κ3) is 3.38. The van der Waals surface area contributed by atoms with Crippen LogP contribution in [-0.4, -0.2) is 29.4 Å². The predicted octanol–water partition coefficient (Wildman–Crippen LogP) is 2.63. The minimum atomic E-state index is 0.238. The third-order valence-electron chi connectivity index (χ3n) is 4.56. The van der Waals surface area contributed by atoms with Gasteiger partial charge in [0.15, 0.2) is 5.82 Å². The van der Waals surface area contributed by atoms with Crippen LogP contribution >= 0.6 is 0 Å². The molecule has 0 amide bonds. The maximum atomic E-state index is 5.73. The van der Waals surface area contributed by atoms with Gasteiger partial charge < -0.3 is 14.6 Å². The maximum Gasteiger partial charge on any atom is 0.243 e. The topological polar surface area (TPSA) is 60.2 Å². The van der Waals surface area contributed by atoms with Gasteiger partial charge in [0, 0.05) is 13.0 Å². The lowest BCUT2D eigenvalue weighted by Gasteiger charge is -2.27. The summed E-state index contributed by atoms with van der Waals surface area (Å²) in [5.74, 6) is 2.33. The van der Waals surface area contributed by atoms with Gasteiger partial charge in [0.25, 0.3) is 0 Å². The molecule has 1 N–H and O–H groups in total. The number of aromatic nitrogens is 2. The molecule has 3 unspecified atom stereocenters. The molecule has 2 aliphatic heterocycles. The fourth-order valence-corrected chi connectivity index (χ4v) is 3.22. The largest absolute Gasteiger partial charge is 0.378 e. The number of piperidine rings is 1. The normalized spacial score (nSPS) is 31.4. The van der Waals surface area contributed by atoms with E-state index in [2.05, 4.69) is 22.4 Å². The first-order chi connectivity index (χ1) is 9.85. The molecule has 0 aromatic carbocycles. The van der Waals surface area contributed by atoms with E-state index < -0.39 is 0 Å². The molecule has 3 heterocycles. The molecule has 5 heteroatoms. The van der Waals surface area contributed by atoms with Crippen molar-refractivity contribution in [1.82, 2.24) is 15.5 Å². The van der Waals surface area contributed by atoms with Crippen LogP contribution in [0.25, 0.3) is 0 Å². The van der Waals surface area contributed by atoms with E-state index in [0.717, 1.165) is 50.0 Å². The molecule has 3 atom stereocenters. The van der Waals surface area contributed by atoms with Gasteiger partial charge in [0.05, 0.1) is 12.1 Å². The molecular weight excluding hydrogens is 254 g/mol. The molecule has 112 valence electrons. The zero-order valence-corrected chi connectivity index (χ0v) is 12.3. The van der Waals surface area contributed by atoms with E-state index in [0.29, 0.717) is 0 Å². The molecule has 20 heavy (non-hydrogen) atoms. The highest BCUT2D eigenvalue weighted by Crippen LogP contribution is 2.28. The minimum absolute atomic E-state index is 0.238. The lowest BCUT2D eigenvalue weighted by atomic mass is 9.90. The summed E-state index contributed by atoms with van der Waals surface area (Å²) in [7, 11) is 0. The molecule has 0 spiro atoms. The third-order valence-corrected chi connectivity index (χ3v) is 4.56. The van der Waals surface area contributed by atoms with E-state index >= 15 is 0 Å². The molecule has 1 aromatic heterocycles. The summed E-state index contributed by atoms with van der Waals surface area (Å²) in [5, 5.41) is 7.62. The lowest BCUT2D eigenvalue weighted by Crippen LogP contribution is -2.31. The Labute approximate surface area is 120 Å². The van der Waals surface area contributed by atoms with Crippen LogP contribution in [0, 0.1) is 5.92 Å². The fraction of sp³-hybridized carbons (Fsp3) is 0.867. The SMILES string of the molecule is CCC1CCNC(c2nc(CC3CCCCO3)no2)C1. The summed E-state index contributed by atoms with van der Waals surface area (Å²) in [6, 6.07) is 0.238. The molecule has 2 saturated heterocycles. The molecule has 1 aromatic rings. The van der Waals surface area contributed by atoms with Crippen molar-refractivity contribution < 1.29 is 9.26 Å². The van der Waals surface area contributed by atoms with Gasteiger partial charge in [-0.2, -0.15) is 4.98 Å². The quantitative estimate of drug-likeness (QED) is 0.918. The molecule has 3 rings (SSSR count). The minimum Gasteiger partial charge on any atom is -0.378 e. The Hall–Kier alpha value is -0.940. The Morgan fingerprint density at radius 1 is 1.30 bits per heavy atom. The van der Waals surface area contributed by atoms with Crippen molar-refractivity contribution in [3.05, 3.63) is 11.7 Å². The lowest BCUT2D eigenvalue weighted by molar-refractivity contribution is 0.0153. The van der Waals surface area contributed by atoms with Crippen molar-refractivity contribution in [3.63, 3.8) is 0 Å². The van der Waals surface area contributed by atoms with Crippen LogP contribution in [0.1, 0.15) is 63.2 Å². The van der Waals surface area contributed by atoms with E-state index in [-0.39, 0.29) is 12.1 Å². The first kappa shape index (κ1) is 14.0.